The van der Waals surface area contributed by atoms with Crippen LogP contribution in [0.2, 0.25) is 0 Å². The third-order valence-corrected chi connectivity index (χ3v) is 4.09. The molecule has 0 spiro atoms. The summed E-state index contributed by atoms with van der Waals surface area (Å²) in [5.41, 5.74) is 1.72. The molecule has 1 atom stereocenters. The number of carbonyl (C=O) groups excluding carboxylic acids is 1. The largest absolute Gasteiger partial charge is 0.419 e. The number of hydrogen-bond donors (Lipinski definition) is 1. The van der Waals surface area contributed by atoms with Crippen molar-refractivity contribution in [3.63, 3.8) is 0 Å². The van der Waals surface area contributed by atoms with Gasteiger partial charge in [0.25, 0.3) is 5.69 Å². The van der Waals surface area contributed by atoms with Crippen molar-refractivity contribution in [2.24, 2.45) is 0 Å². The molecule has 0 aliphatic rings. The fourth-order valence-corrected chi connectivity index (χ4v) is 2.74. The van der Waals surface area contributed by atoms with Gasteiger partial charge in [0.15, 0.2) is 5.58 Å². The van der Waals surface area contributed by atoms with Gasteiger partial charge >= 0.3 is 5.76 Å². The predicted octanol–water partition coefficient (Wildman–Crippen LogP) is 2.77. The number of nitro groups is 1. The van der Waals surface area contributed by atoms with Gasteiger partial charge in [-0.05, 0) is 24.6 Å². The quantitative estimate of drug-likeness (QED) is 0.540. The van der Waals surface area contributed by atoms with Crippen LogP contribution >= 0.6 is 0 Å². The maximum absolute atomic E-state index is 12.2. The highest BCUT2D eigenvalue weighted by Crippen LogP contribution is 2.19. The number of carbonyl (C=O) groups is 1. The molecule has 0 radical (unpaired) electrons. The van der Waals surface area contributed by atoms with Gasteiger partial charge in [-0.1, -0.05) is 24.3 Å². The van der Waals surface area contributed by atoms with Crippen LogP contribution < -0.4 is 11.1 Å². The highest BCUT2D eigenvalue weighted by Gasteiger charge is 2.15. The third kappa shape index (κ3) is 3.64. The van der Waals surface area contributed by atoms with Gasteiger partial charge in [0.1, 0.15) is 0 Å². The van der Waals surface area contributed by atoms with Gasteiger partial charge < -0.3 is 9.73 Å². The van der Waals surface area contributed by atoms with Crippen molar-refractivity contribution in [3.8, 4) is 0 Å². The molecule has 1 heterocycles. The molecule has 1 N–H and O–H groups in total. The molecular formula is C18H17N3O5. The summed E-state index contributed by atoms with van der Waals surface area (Å²) >= 11 is 0. The number of aryl methyl sites for hydroxylation is 1. The topological polar surface area (TPSA) is 107 Å². The zero-order valence-electron chi connectivity index (χ0n) is 14.0. The third-order valence-electron chi connectivity index (χ3n) is 4.09. The predicted molar refractivity (Wildman–Crippen MR) is 94.7 cm³/mol. The lowest BCUT2D eigenvalue weighted by atomic mass is 10.1. The molecule has 0 bridgehead atoms. The highest BCUT2D eigenvalue weighted by atomic mass is 16.6. The molecule has 8 nitrogen and oxygen atoms in total. The number of para-hydroxylation sites is 2. The number of nitrogens with zero attached hydrogens (tertiary/aromatic N) is 2. The van der Waals surface area contributed by atoms with E-state index in [0.29, 0.717) is 16.7 Å². The van der Waals surface area contributed by atoms with E-state index in [4.69, 9.17) is 4.42 Å². The second-order valence-electron chi connectivity index (χ2n) is 5.88. The summed E-state index contributed by atoms with van der Waals surface area (Å²) in [4.78, 5) is 34.5. The van der Waals surface area contributed by atoms with E-state index in [1.54, 1.807) is 43.3 Å². The number of aromatic nitrogens is 1. The van der Waals surface area contributed by atoms with E-state index in [2.05, 4.69) is 5.32 Å². The van der Waals surface area contributed by atoms with Crippen LogP contribution in [-0.4, -0.2) is 15.4 Å². The average molecular weight is 355 g/mol. The monoisotopic (exact) mass is 355 g/mol. The minimum absolute atomic E-state index is 0.0278. The Morgan fingerprint density at radius 1 is 1.27 bits per heavy atom. The molecule has 0 aliphatic heterocycles. The van der Waals surface area contributed by atoms with Crippen molar-refractivity contribution >= 4 is 22.7 Å². The van der Waals surface area contributed by atoms with Crippen molar-refractivity contribution in [2.45, 2.75) is 25.9 Å². The van der Waals surface area contributed by atoms with Gasteiger partial charge in [0, 0.05) is 25.1 Å². The zero-order chi connectivity index (χ0) is 18.7. The first-order valence-electron chi connectivity index (χ1n) is 8.08. The maximum atomic E-state index is 12.2. The number of benzene rings is 2. The lowest BCUT2D eigenvalue weighted by Gasteiger charge is -2.14. The second kappa shape index (κ2) is 7.22. The molecule has 134 valence electrons. The van der Waals surface area contributed by atoms with Crippen LogP contribution in [0.1, 0.15) is 24.9 Å². The van der Waals surface area contributed by atoms with Crippen molar-refractivity contribution in [3.05, 3.63) is 74.8 Å². The molecule has 0 saturated heterocycles. The number of nitro benzene ring substituents is 1. The Labute approximate surface area is 148 Å². The Morgan fingerprint density at radius 2 is 2.04 bits per heavy atom. The van der Waals surface area contributed by atoms with E-state index in [0.717, 1.165) is 0 Å². The molecular weight excluding hydrogens is 338 g/mol. The molecule has 0 saturated carbocycles. The second-order valence-corrected chi connectivity index (χ2v) is 5.88. The van der Waals surface area contributed by atoms with E-state index in [9.17, 15) is 19.7 Å². The Balaban J connectivity index is 1.65. The number of fused-ring (bicyclic) bond motifs is 1. The van der Waals surface area contributed by atoms with Crippen molar-refractivity contribution in [1.29, 1.82) is 0 Å². The van der Waals surface area contributed by atoms with Gasteiger partial charge in [-0.2, -0.15) is 0 Å². The van der Waals surface area contributed by atoms with E-state index < -0.39 is 10.7 Å². The number of hydrogen-bond acceptors (Lipinski definition) is 5. The molecule has 8 heteroatoms. The molecule has 2 aromatic carbocycles. The van der Waals surface area contributed by atoms with Crippen molar-refractivity contribution in [2.75, 3.05) is 0 Å². The van der Waals surface area contributed by atoms with Crippen LogP contribution in [0.25, 0.3) is 11.1 Å². The summed E-state index contributed by atoms with van der Waals surface area (Å²) in [5.74, 6) is -0.771. The molecule has 1 amide bonds. The fraction of sp³-hybridized carbons (Fsp3) is 0.222. The number of nitrogens with one attached hydrogen (secondary N) is 1. The maximum Gasteiger partial charge on any atom is 0.419 e. The molecule has 3 aromatic rings. The van der Waals surface area contributed by atoms with E-state index in [-0.39, 0.29) is 30.6 Å². The Morgan fingerprint density at radius 3 is 2.81 bits per heavy atom. The van der Waals surface area contributed by atoms with E-state index in [1.165, 1.54) is 16.7 Å². The van der Waals surface area contributed by atoms with Gasteiger partial charge in [-0.25, -0.2) is 4.79 Å². The first-order chi connectivity index (χ1) is 12.5. The van der Waals surface area contributed by atoms with Crippen LogP contribution in [-0.2, 0) is 11.3 Å². The van der Waals surface area contributed by atoms with Crippen LogP contribution in [0, 0.1) is 10.1 Å². The summed E-state index contributed by atoms with van der Waals surface area (Å²) in [7, 11) is 0. The van der Waals surface area contributed by atoms with E-state index in [1.807, 2.05) is 0 Å². The standard InChI is InChI=1S/C18H17N3O5/c1-12(13-5-4-6-14(11-13)21(24)25)19-17(22)9-10-20-15-7-2-3-8-16(15)26-18(20)23/h2-8,11-12H,9-10H2,1H3,(H,19,22). The first-order valence-corrected chi connectivity index (χ1v) is 8.08. The summed E-state index contributed by atoms with van der Waals surface area (Å²) in [6, 6.07) is 12.7. The summed E-state index contributed by atoms with van der Waals surface area (Å²) in [6.45, 7) is 1.93. The number of non-ortho nitro benzene ring substituents is 1. The normalized spacial score (nSPS) is 12.0. The van der Waals surface area contributed by atoms with E-state index >= 15 is 0 Å². The molecule has 1 aromatic heterocycles. The molecule has 0 fully saturated rings. The van der Waals surface area contributed by atoms with Crippen LogP contribution in [0.15, 0.2) is 57.7 Å². The molecule has 0 aliphatic carbocycles. The first kappa shape index (κ1) is 17.4. The van der Waals surface area contributed by atoms with Crippen molar-refractivity contribution < 1.29 is 14.1 Å². The number of rotatable bonds is 6. The van der Waals surface area contributed by atoms with Crippen LogP contribution in [0.4, 0.5) is 5.69 Å². The highest BCUT2D eigenvalue weighted by molar-refractivity contribution is 5.77. The Bertz CT molecular complexity index is 1020. The number of oxazole rings is 1. The van der Waals surface area contributed by atoms with Gasteiger partial charge in [-0.3, -0.25) is 19.5 Å². The Hall–Kier alpha value is -3.42. The lowest BCUT2D eigenvalue weighted by molar-refractivity contribution is -0.384. The molecule has 3 rings (SSSR count). The minimum atomic E-state index is -0.509. The summed E-state index contributed by atoms with van der Waals surface area (Å²) in [6.07, 6.45) is 0.0860. The van der Waals surface area contributed by atoms with Gasteiger partial charge in [-0.15, -0.1) is 0 Å². The van der Waals surface area contributed by atoms with Crippen LogP contribution in [0.3, 0.4) is 0 Å². The van der Waals surface area contributed by atoms with Gasteiger partial charge in [0.05, 0.1) is 16.5 Å². The fourth-order valence-electron chi connectivity index (χ4n) is 2.74. The summed E-state index contributed by atoms with van der Waals surface area (Å²) < 4.78 is 6.54. The lowest BCUT2D eigenvalue weighted by Crippen LogP contribution is -2.28. The van der Waals surface area contributed by atoms with Crippen molar-refractivity contribution in [1.82, 2.24) is 9.88 Å². The van der Waals surface area contributed by atoms with Gasteiger partial charge in [0.2, 0.25) is 5.91 Å². The molecule has 26 heavy (non-hydrogen) atoms. The summed E-state index contributed by atoms with van der Waals surface area (Å²) in [5, 5.41) is 13.6. The minimum Gasteiger partial charge on any atom is -0.408 e. The molecule has 1 unspecified atom stereocenters. The Kier molecular flexibility index (Phi) is 4.83. The smallest absolute Gasteiger partial charge is 0.408 e. The SMILES string of the molecule is CC(NC(=O)CCn1c(=O)oc2ccccc21)c1cccc([N+](=O)[O-])c1. The van der Waals surface area contributed by atoms with Crippen LogP contribution in [0.5, 0.6) is 0 Å². The number of amides is 1. The zero-order valence-corrected chi connectivity index (χ0v) is 14.0. The average Bonchev–Trinajstić information content (AvgIpc) is 2.95.